The van der Waals surface area contributed by atoms with Gasteiger partial charge in [0, 0.05) is 17.8 Å². The first kappa shape index (κ1) is 12.4. The van der Waals surface area contributed by atoms with Crippen LogP contribution in [-0.2, 0) is 11.2 Å². The van der Waals surface area contributed by atoms with Crippen LogP contribution in [-0.4, -0.2) is 5.91 Å². The Morgan fingerprint density at radius 1 is 1.15 bits per heavy atom. The Labute approximate surface area is 113 Å². The molecule has 0 atom stereocenters. The average Bonchev–Trinajstić information content (AvgIpc) is 2.73. The lowest BCUT2D eigenvalue weighted by atomic mass is 10.1. The van der Waals surface area contributed by atoms with Gasteiger partial charge in [0.2, 0.25) is 5.91 Å². The summed E-state index contributed by atoms with van der Waals surface area (Å²) in [6.45, 7) is 0. The molecule has 1 heterocycles. The Morgan fingerprint density at radius 2 is 1.95 bits per heavy atom. The largest absolute Gasteiger partial charge is 0.452 e. The SMILES string of the molecule is Nc1cc2c(cc1Oc1cc(F)ccc1F)NC(=O)C2. The number of carbonyl (C=O) groups is 1. The predicted octanol–water partition coefficient (Wildman–Crippen LogP) is 2.83. The van der Waals surface area contributed by atoms with E-state index in [-0.39, 0.29) is 29.5 Å². The van der Waals surface area contributed by atoms with E-state index >= 15 is 0 Å². The van der Waals surface area contributed by atoms with Gasteiger partial charge in [-0.05, 0) is 23.8 Å². The van der Waals surface area contributed by atoms with Crippen molar-refractivity contribution in [2.75, 3.05) is 11.1 Å². The monoisotopic (exact) mass is 276 g/mol. The van der Waals surface area contributed by atoms with Crippen molar-refractivity contribution in [3.63, 3.8) is 0 Å². The second-order valence-corrected chi connectivity index (χ2v) is 4.45. The minimum atomic E-state index is -0.699. The molecule has 3 rings (SSSR count). The molecule has 0 saturated carbocycles. The van der Waals surface area contributed by atoms with Crippen molar-refractivity contribution in [1.29, 1.82) is 0 Å². The van der Waals surface area contributed by atoms with Crippen molar-refractivity contribution >= 4 is 17.3 Å². The molecule has 1 amide bonds. The van der Waals surface area contributed by atoms with E-state index < -0.39 is 11.6 Å². The fourth-order valence-electron chi connectivity index (χ4n) is 2.04. The van der Waals surface area contributed by atoms with Gasteiger partial charge in [-0.1, -0.05) is 0 Å². The van der Waals surface area contributed by atoms with Gasteiger partial charge < -0.3 is 15.8 Å². The van der Waals surface area contributed by atoms with Crippen LogP contribution in [0.15, 0.2) is 30.3 Å². The molecule has 1 aliphatic heterocycles. The van der Waals surface area contributed by atoms with Gasteiger partial charge in [-0.2, -0.15) is 0 Å². The van der Waals surface area contributed by atoms with Gasteiger partial charge >= 0.3 is 0 Å². The molecule has 0 radical (unpaired) electrons. The smallest absolute Gasteiger partial charge is 0.228 e. The van der Waals surface area contributed by atoms with Gasteiger partial charge in [-0.25, -0.2) is 8.78 Å². The van der Waals surface area contributed by atoms with Crippen molar-refractivity contribution in [3.8, 4) is 11.5 Å². The summed E-state index contributed by atoms with van der Waals surface area (Å²) in [4.78, 5) is 11.3. The molecule has 0 spiro atoms. The Bertz CT molecular complexity index is 717. The van der Waals surface area contributed by atoms with E-state index in [4.69, 9.17) is 10.5 Å². The highest BCUT2D eigenvalue weighted by Crippen LogP contribution is 2.36. The number of rotatable bonds is 2. The topological polar surface area (TPSA) is 64.3 Å². The van der Waals surface area contributed by atoms with Crippen LogP contribution < -0.4 is 15.8 Å². The minimum absolute atomic E-state index is 0.145. The molecule has 4 nitrogen and oxygen atoms in total. The van der Waals surface area contributed by atoms with Crippen LogP contribution in [0, 0.1) is 11.6 Å². The Balaban J connectivity index is 1.97. The van der Waals surface area contributed by atoms with Crippen LogP contribution in [0.2, 0.25) is 0 Å². The summed E-state index contributed by atoms with van der Waals surface area (Å²) in [6, 6.07) is 5.98. The number of amides is 1. The quantitative estimate of drug-likeness (QED) is 0.829. The zero-order chi connectivity index (χ0) is 14.3. The summed E-state index contributed by atoms with van der Waals surface area (Å²) in [5, 5.41) is 2.63. The second kappa shape index (κ2) is 4.48. The van der Waals surface area contributed by atoms with Crippen LogP contribution in [0.25, 0.3) is 0 Å². The molecule has 0 bridgehead atoms. The van der Waals surface area contributed by atoms with E-state index in [1.165, 1.54) is 6.07 Å². The van der Waals surface area contributed by atoms with Crippen LogP contribution in [0.4, 0.5) is 20.2 Å². The predicted molar refractivity (Wildman–Crippen MR) is 69.6 cm³/mol. The van der Waals surface area contributed by atoms with Gasteiger partial charge in [-0.3, -0.25) is 4.79 Å². The van der Waals surface area contributed by atoms with Crippen molar-refractivity contribution in [2.45, 2.75) is 6.42 Å². The number of hydrogen-bond donors (Lipinski definition) is 2. The molecule has 2 aromatic rings. The van der Waals surface area contributed by atoms with Crippen LogP contribution in [0.3, 0.4) is 0 Å². The molecule has 0 aromatic heterocycles. The van der Waals surface area contributed by atoms with E-state index in [1.54, 1.807) is 6.07 Å². The van der Waals surface area contributed by atoms with Crippen LogP contribution >= 0.6 is 0 Å². The maximum atomic E-state index is 13.5. The number of nitrogen functional groups attached to an aromatic ring is 1. The van der Waals surface area contributed by atoms with Gasteiger partial charge in [0.25, 0.3) is 0 Å². The van der Waals surface area contributed by atoms with E-state index in [0.29, 0.717) is 5.69 Å². The zero-order valence-corrected chi connectivity index (χ0v) is 10.2. The normalized spacial score (nSPS) is 13.0. The van der Waals surface area contributed by atoms with Crippen molar-refractivity contribution < 1.29 is 18.3 Å². The molecule has 1 aliphatic rings. The lowest BCUT2D eigenvalue weighted by molar-refractivity contribution is -0.115. The molecule has 0 fully saturated rings. The number of hydrogen-bond acceptors (Lipinski definition) is 3. The Morgan fingerprint density at radius 3 is 2.75 bits per heavy atom. The maximum Gasteiger partial charge on any atom is 0.228 e. The number of carbonyl (C=O) groups excluding carboxylic acids is 1. The van der Waals surface area contributed by atoms with E-state index in [0.717, 1.165) is 23.8 Å². The maximum absolute atomic E-state index is 13.5. The van der Waals surface area contributed by atoms with Gasteiger partial charge in [0.05, 0.1) is 12.1 Å². The third-order valence-corrected chi connectivity index (χ3v) is 2.97. The molecular formula is C14H10F2N2O2. The first-order valence-corrected chi connectivity index (χ1v) is 5.88. The molecule has 0 saturated heterocycles. The minimum Gasteiger partial charge on any atom is -0.452 e. The second-order valence-electron chi connectivity index (χ2n) is 4.45. The number of nitrogens with one attached hydrogen (secondary N) is 1. The molecule has 2 aromatic carbocycles. The number of benzene rings is 2. The number of ether oxygens (including phenoxy) is 1. The summed E-state index contributed by atoms with van der Waals surface area (Å²) in [7, 11) is 0. The summed E-state index contributed by atoms with van der Waals surface area (Å²) in [5.41, 5.74) is 7.36. The summed E-state index contributed by atoms with van der Waals surface area (Å²) < 4.78 is 31.9. The van der Waals surface area contributed by atoms with Crippen molar-refractivity contribution in [1.82, 2.24) is 0 Å². The first-order chi connectivity index (χ1) is 9.52. The number of anilines is 2. The number of fused-ring (bicyclic) bond motifs is 1. The summed E-state index contributed by atoms with van der Waals surface area (Å²) in [5.74, 6) is -1.56. The van der Waals surface area contributed by atoms with E-state index in [9.17, 15) is 13.6 Å². The van der Waals surface area contributed by atoms with Crippen molar-refractivity contribution in [3.05, 3.63) is 47.5 Å². The third kappa shape index (κ3) is 2.16. The Hall–Kier alpha value is -2.63. The molecule has 3 N–H and O–H groups in total. The molecule has 20 heavy (non-hydrogen) atoms. The van der Waals surface area contributed by atoms with Gasteiger partial charge in [0.1, 0.15) is 5.82 Å². The highest BCUT2D eigenvalue weighted by Gasteiger charge is 2.20. The van der Waals surface area contributed by atoms with E-state index in [2.05, 4.69) is 5.32 Å². The highest BCUT2D eigenvalue weighted by atomic mass is 19.1. The van der Waals surface area contributed by atoms with Crippen molar-refractivity contribution in [2.24, 2.45) is 0 Å². The fraction of sp³-hybridized carbons (Fsp3) is 0.0714. The van der Waals surface area contributed by atoms with Gasteiger partial charge in [0.15, 0.2) is 17.3 Å². The molecule has 102 valence electrons. The summed E-state index contributed by atoms with van der Waals surface area (Å²) in [6.07, 6.45) is 0.244. The molecule has 6 heteroatoms. The standard InChI is InChI=1S/C14H10F2N2O2/c15-8-1-2-9(16)12(5-8)20-13-6-11-7(3-10(13)17)4-14(19)18-11/h1-3,5-6H,4,17H2,(H,18,19). The first-order valence-electron chi connectivity index (χ1n) is 5.88. The van der Waals surface area contributed by atoms with Crippen LogP contribution in [0.5, 0.6) is 11.5 Å². The van der Waals surface area contributed by atoms with E-state index in [1.807, 2.05) is 0 Å². The lowest BCUT2D eigenvalue weighted by Gasteiger charge is -2.11. The summed E-state index contributed by atoms with van der Waals surface area (Å²) >= 11 is 0. The number of nitrogens with two attached hydrogens (primary N) is 1. The van der Waals surface area contributed by atoms with Gasteiger partial charge in [-0.15, -0.1) is 0 Å². The zero-order valence-electron chi connectivity index (χ0n) is 10.2. The molecule has 0 aliphatic carbocycles. The number of halogens is 2. The fourth-order valence-corrected chi connectivity index (χ4v) is 2.04. The third-order valence-electron chi connectivity index (χ3n) is 2.97. The average molecular weight is 276 g/mol. The molecular weight excluding hydrogens is 266 g/mol. The Kier molecular flexibility index (Phi) is 2.78. The highest BCUT2D eigenvalue weighted by molar-refractivity contribution is 6.00. The molecule has 0 unspecified atom stereocenters. The van der Waals surface area contributed by atoms with Crippen LogP contribution in [0.1, 0.15) is 5.56 Å². The lowest BCUT2D eigenvalue weighted by Crippen LogP contribution is -2.03.